The third kappa shape index (κ3) is 4.54. The van der Waals surface area contributed by atoms with Crippen molar-refractivity contribution in [1.82, 2.24) is 9.88 Å². The summed E-state index contributed by atoms with van der Waals surface area (Å²) in [6.07, 6.45) is 2.05. The predicted octanol–water partition coefficient (Wildman–Crippen LogP) is 4.37. The first-order valence-corrected chi connectivity index (χ1v) is 11.0. The van der Waals surface area contributed by atoms with E-state index in [-0.39, 0.29) is 12.5 Å². The van der Waals surface area contributed by atoms with E-state index in [2.05, 4.69) is 11.1 Å². The summed E-state index contributed by atoms with van der Waals surface area (Å²) in [4.78, 5) is 30.5. The smallest absolute Gasteiger partial charge is 0.338 e. The highest BCUT2D eigenvalue weighted by molar-refractivity contribution is 8.00. The lowest BCUT2D eigenvalue weighted by Gasteiger charge is -2.14. The molecule has 1 aromatic heterocycles. The van der Waals surface area contributed by atoms with Crippen molar-refractivity contribution >= 4 is 45.2 Å². The molecule has 1 aliphatic rings. The van der Waals surface area contributed by atoms with Crippen LogP contribution < -0.4 is 0 Å². The molecule has 2 heterocycles. The van der Waals surface area contributed by atoms with E-state index in [4.69, 9.17) is 4.74 Å². The number of carbonyl (C=O) groups excluding carboxylic acids is 2. The Hall–Kier alpha value is -2.38. The maximum absolute atomic E-state index is 12.1. The van der Waals surface area contributed by atoms with Gasteiger partial charge in [-0.05, 0) is 42.7 Å². The zero-order valence-electron chi connectivity index (χ0n) is 15.3. The normalized spacial score (nSPS) is 13.8. The van der Waals surface area contributed by atoms with Crippen LogP contribution in [0.15, 0.2) is 52.9 Å². The van der Waals surface area contributed by atoms with Gasteiger partial charge >= 0.3 is 5.97 Å². The average Bonchev–Trinajstić information content (AvgIpc) is 3.40. The fraction of sp³-hybridized carbons (Fsp3) is 0.286. The zero-order valence-corrected chi connectivity index (χ0v) is 16.9. The van der Waals surface area contributed by atoms with Crippen molar-refractivity contribution in [3.05, 3.63) is 59.7 Å². The van der Waals surface area contributed by atoms with Gasteiger partial charge in [0.15, 0.2) is 10.9 Å². The second-order valence-electron chi connectivity index (χ2n) is 6.60. The van der Waals surface area contributed by atoms with Gasteiger partial charge in [-0.1, -0.05) is 36.0 Å². The van der Waals surface area contributed by atoms with Gasteiger partial charge in [-0.3, -0.25) is 4.79 Å². The van der Waals surface area contributed by atoms with Crippen LogP contribution in [-0.4, -0.2) is 41.5 Å². The number of hydrogen-bond acceptors (Lipinski definition) is 6. The Bertz CT molecular complexity index is 946. The van der Waals surface area contributed by atoms with Crippen molar-refractivity contribution < 1.29 is 14.3 Å². The molecule has 0 atom stereocenters. The second kappa shape index (κ2) is 8.75. The van der Waals surface area contributed by atoms with E-state index in [0.717, 1.165) is 47.1 Å². The highest BCUT2D eigenvalue weighted by Gasteiger charge is 2.19. The summed E-state index contributed by atoms with van der Waals surface area (Å²) >= 11 is 3.37. The molecule has 28 heavy (non-hydrogen) atoms. The number of esters is 1. The van der Waals surface area contributed by atoms with Crippen molar-refractivity contribution in [2.24, 2.45) is 0 Å². The molecule has 1 fully saturated rings. The van der Waals surface area contributed by atoms with E-state index in [9.17, 15) is 9.59 Å². The van der Waals surface area contributed by atoms with E-state index in [0.29, 0.717) is 5.56 Å². The van der Waals surface area contributed by atoms with E-state index in [1.165, 1.54) is 4.70 Å². The third-order valence-electron chi connectivity index (χ3n) is 4.61. The molecule has 1 aliphatic heterocycles. The number of rotatable bonds is 6. The molecule has 0 aliphatic carbocycles. The summed E-state index contributed by atoms with van der Waals surface area (Å²) in [5.41, 5.74) is 2.59. The van der Waals surface area contributed by atoms with Crippen LogP contribution in [0.5, 0.6) is 0 Å². The SMILES string of the molecule is O=C(OCC(=O)N1CCCC1)c1ccc(CSc2nc3ccccc3s2)cc1. The first-order chi connectivity index (χ1) is 13.7. The van der Waals surface area contributed by atoms with Gasteiger partial charge < -0.3 is 9.64 Å². The number of aromatic nitrogens is 1. The number of thiazole rings is 1. The lowest BCUT2D eigenvalue weighted by molar-refractivity contribution is -0.133. The van der Waals surface area contributed by atoms with Crippen LogP contribution in [-0.2, 0) is 15.3 Å². The highest BCUT2D eigenvalue weighted by atomic mass is 32.2. The van der Waals surface area contributed by atoms with Crippen LogP contribution in [0.1, 0.15) is 28.8 Å². The number of likely N-dealkylation sites (tertiary alicyclic amines) is 1. The molecule has 0 bridgehead atoms. The van der Waals surface area contributed by atoms with Gasteiger partial charge in [0.1, 0.15) is 0 Å². The van der Waals surface area contributed by atoms with Gasteiger partial charge in [0, 0.05) is 18.8 Å². The largest absolute Gasteiger partial charge is 0.452 e. The Balaban J connectivity index is 1.29. The van der Waals surface area contributed by atoms with Gasteiger partial charge in [0.05, 0.1) is 15.8 Å². The van der Waals surface area contributed by atoms with E-state index < -0.39 is 5.97 Å². The number of fused-ring (bicyclic) bond motifs is 1. The monoisotopic (exact) mass is 412 g/mol. The maximum Gasteiger partial charge on any atom is 0.338 e. The number of thioether (sulfide) groups is 1. The average molecular weight is 413 g/mol. The molecular formula is C21H20N2O3S2. The van der Waals surface area contributed by atoms with Gasteiger partial charge in [-0.2, -0.15) is 0 Å². The van der Waals surface area contributed by atoms with E-state index in [1.54, 1.807) is 40.1 Å². The first-order valence-electron chi connectivity index (χ1n) is 9.21. The first kappa shape index (κ1) is 19.0. The molecule has 5 nitrogen and oxygen atoms in total. The number of ether oxygens (including phenoxy) is 1. The number of hydrogen-bond donors (Lipinski definition) is 0. The molecule has 3 aromatic rings. The van der Waals surface area contributed by atoms with Crippen molar-refractivity contribution in [1.29, 1.82) is 0 Å². The number of para-hydroxylation sites is 1. The van der Waals surface area contributed by atoms with Crippen LogP contribution in [0.25, 0.3) is 10.2 Å². The molecule has 4 rings (SSSR count). The molecule has 0 spiro atoms. The molecule has 1 amide bonds. The Labute approximate surface area is 171 Å². The molecule has 1 saturated heterocycles. The minimum absolute atomic E-state index is 0.116. The quantitative estimate of drug-likeness (QED) is 0.444. The standard InChI is InChI=1S/C21H20N2O3S2/c24-19(23-11-3-4-12-23)13-26-20(25)16-9-7-15(8-10-16)14-27-21-22-17-5-1-2-6-18(17)28-21/h1-2,5-10H,3-4,11-14H2. The zero-order chi connectivity index (χ0) is 19.3. The molecule has 0 unspecified atom stereocenters. The summed E-state index contributed by atoms with van der Waals surface area (Å²) in [6, 6.07) is 15.4. The predicted molar refractivity (Wildman–Crippen MR) is 112 cm³/mol. The molecule has 0 N–H and O–H groups in total. The Morgan fingerprint density at radius 3 is 2.57 bits per heavy atom. The number of nitrogens with zero attached hydrogens (tertiary/aromatic N) is 2. The van der Waals surface area contributed by atoms with Crippen LogP contribution in [0.2, 0.25) is 0 Å². The topological polar surface area (TPSA) is 59.5 Å². The molecular weight excluding hydrogens is 392 g/mol. The van der Waals surface area contributed by atoms with Gasteiger partial charge in [0.25, 0.3) is 5.91 Å². The summed E-state index contributed by atoms with van der Waals surface area (Å²) in [6.45, 7) is 1.34. The van der Waals surface area contributed by atoms with Crippen LogP contribution in [0, 0.1) is 0 Å². The Kier molecular flexibility index (Phi) is 5.92. The Morgan fingerprint density at radius 2 is 1.82 bits per heavy atom. The maximum atomic E-state index is 12.1. The minimum atomic E-state index is -0.460. The third-order valence-corrected chi connectivity index (χ3v) is 6.86. The fourth-order valence-corrected chi connectivity index (χ4v) is 5.09. The number of benzene rings is 2. The minimum Gasteiger partial charge on any atom is -0.452 e. The molecule has 0 radical (unpaired) electrons. The van der Waals surface area contributed by atoms with E-state index in [1.807, 2.05) is 30.3 Å². The fourth-order valence-electron chi connectivity index (χ4n) is 3.06. The van der Waals surface area contributed by atoms with Crippen LogP contribution >= 0.6 is 23.1 Å². The highest BCUT2D eigenvalue weighted by Crippen LogP contribution is 2.31. The lowest BCUT2D eigenvalue weighted by atomic mass is 10.1. The summed E-state index contributed by atoms with van der Waals surface area (Å²) < 4.78 is 7.38. The summed E-state index contributed by atoms with van der Waals surface area (Å²) in [5.74, 6) is 0.204. The summed E-state index contributed by atoms with van der Waals surface area (Å²) in [5, 5.41) is 0. The van der Waals surface area contributed by atoms with Crippen LogP contribution in [0.3, 0.4) is 0 Å². The molecule has 2 aromatic carbocycles. The van der Waals surface area contributed by atoms with Gasteiger partial charge in [0.2, 0.25) is 0 Å². The molecule has 0 saturated carbocycles. The molecule has 144 valence electrons. The number of carbonyl (C=O) groups is 2. The van der Waals surface area contributed by atoms with Gasteiger partial charge in [-0.25, -0.2) is 9.78 Å². The lowest BCUT2D eigenvalue weighted by Crippen LogP contribution is -2.32. The summed E-state index contributed by atoms with van der Waals surface area (Å²) in [7, 11) is 0. The van der Waals surface area contributed by atoms with E-state index >= 15 is 0 Å². The Morgan fingerprint density at radius 1 is 1.07 bits per heavy atom. The second-order valence-corrected chi connectivity index (χ2v) is 8.85. The van der Waals surface area contributed by atoms with Crippen molar-refractivity contribution in [2.45, 2.75) is 22.9 Å². The van der Waals surface area contributed by atoms with Crippen molar-refractivity contribution in [2.75, 3.05) is 19.7 Å². The van der Waals surface area contributed by atoms with Gasteiger partial charge in [-0.15, -0.1) is 11.3 Å². The van der Waals surface area contributed by atoms with Crippen LogP contribution in [0.4, 0.5) is 0 Å². The number of amides is 1. The van der Waals surface area contributed by atoms with Crippen molar-refractivity contribution in [3.8, 4) is 0 Å². The van der Waals surface area contributed by atoms with Crippen molar-refractivity contribution in [3.63, 3.8) is 0 Å². The molecule has 7 heteroatoms.